The first-order chi connectivity index (χ1) is 14.7. The zero-order valence-corrected chi connectivity index (χ0v) is 19.1. The number of likely N-dealkylation sites (tertiary alicyclic amines) is 1. The van der Waals surface area contributed by atoms with Gasteiger partial charge in [-0.25, -0.2) is 0 Å². The van der Waals surface area contributed by atoms with E-state index in [-0.39, 0.29) is 44.7 Å². The maximum Gasteiger partial charge on any atom is 0.326 e. The van der Waals surface area contributed by atoms with Crippen LogP contribution in [0.4, 0.5) is 11.4 Å². The number of amides is 3. The molecule has 1 aliphatic heterocycles. The van der Waals surface area contributed by atoms with E-state index >= 15 is 0 Å². The Hall–Kier alpha value is -2.34. The van der Waals surface area contributed by atoms with E-state index < -0.39 is 41.8 Å². The van der Waals surface area contributed by atoms with Crippen molar-refractivity contribution in [3.8, 4) is 0 Å². The molecule has 12 heteroatoms. The molecule has 3 aliphatic rings. The fourth-order valence-corrected chi connectivity index (χ4v) is 6.65. The Morgan fingerprint density at radius 2 is 1.77 bits per heavy atom. The summed E-state index contributed by atoms with van der Waals surface area (Å²) in [6, 6.07) is 5.30. The van der Waals surface area contributed by atoms with Crippen LogP contribution < -0.4 is 5.32 Å². The fraction of sp³-hybridized carbons (Fsp3) is 0.474. The first-order valence-corrected chi connectivity index (χ1v) is 11.4. The number of halogens is 2. The normalized spacial score (nSPS) is 31.0. The Morgan fingerprint density at radius 1 is 1.16 bits per heavy atom. The van der Waals surface area contributed by atoms with Crippen molar-refractivity contribution in [1.29, 1.82) is 0 Å². The number of ether oxygens (including phenoxy) is 1. The minimum atomic E-state index is -0.881. The van der Waals surface area contributed by atoms with Crippen LogP contribution in [0.15, 0.2) is 24.3 Å². The number of hydrogen-bond donors (Lipinski definition) is 1. The Kier molecular flexibility index (Phi) is 5.86. The molecule has 4 rings (SSSR count). The van der Waals surface area contributed by atoms with Gasteiger partial charge in [0, 0.05) is 27.5 Å². The molecular formula is C19H17Br2N3O7. The van der Waals surface area contributed by atoms with Crippen LogP contribution in [0.3, 0.4) is 0 Å². The predicted octanol–water partition coefficient (Wildman–Crippen LogP) is 1.85. The topological polar surface area (TPSA) is 136 Å². The molecule has 10 nitrogen and oxygen atoms in total. The average molecular weight is 559 g/mol. The second-order valence-electron chi connectivity index (χ2n) is 7.78. The van der Waals surface area contributed by atoms with Crippen molar-refractivity contribution in [3.63, 3.8) is 0 Å². The summed E-state index contributed by atoms with van der Waals surface area (Å²) in [5.41, 5.74) is -0.0195. The summed E-state index contributed by atoms with van der Waals surface area (Å²) in [5.74, 6) is -3.11. The third-order valence-corrected chi connectivity index (χ3v) is 9.28. The van der Waals surface area contributed by atoms with Gasteiger partial charge >= 0.3 is 5.97 Å². The monoisotopic (exact) mass is 557 g/mol. The van der Waals surface area contributed by atoms with Gasteiger partial charge in [0.2, 0.25) is 11.8 Å². The lowest BCUT2D eigenvalue weighted by Crippen LogP contribution is -2.38. The number of nitrogens with one attached hydrogen (secondary N) is 1. The first kappa shape index (κ1) is 21.9. The van der Waals surface area contributed by atoms with E-state index in [1.807, 2.05) is 0 Å². The smallest absolute Gasteiger partial charge is 0.326 e. The van der Waals surface area contributed by atoms with Crippen LogP contribution in [0.1, 0.15) is 6.42 Å². The molecule has 0 aromatic heterocycles. The predicted molar refractivity (Wildman–Crippen MR) is 113 cm³/mol. The summed E-state index contributed by atoms with van der Waals surface area (Å²) in [7, 11) is 0. The number of nitro groups is 1. The van der Waals surface area contributed by atoms with E-state index in [0.717, 1.165) is 11.3 Å². The van der Waals surface area contributed by atoms with Gasteiger partial charge in [-0.15, -0.1) is 0 Å². The number of fused-ring (bicyclic) bond motifs is 5. The third kappa shape index (κ3) is 3.86. The van der Waals surface area contributed by atoms with Gasteiger partial charge in [0.25, 0.3) is 11.6 Å². The van der Waals surface area contributed by atoms with E-state index in [9.17, 15) is 29.3 Å². The van der Waals surface area contributed by atoms with Gasteiger partial charge < -0.3 is 10.1 Å². The van der Waals surface area contributed by atoms with Crippen molar-refractivity contribution >= 4 is 66.9 Å². The SMILES string of the molecule is O=C(COC(=O)CN1C(=O)[C@@H]2[C@H]3C[C@@H]([C@H](Br)[C@@H]3Br)[C@@H]2C1=O)Nc1cccc([N+](=O)[O-])c1. The second kappa shape index (κ2) is 8.30. The van der Waals surface area contributed by atoms with Crippen molar-refractivity contribution in [1.82, 2.24) is 4.90 Å². The number of benzene rings is 1. The highest BCUT2D eigenvalue weighted by molar-refractivity contribution is 9.12. The molecule has 1 heterocycles. The lowest BCUT2D eigenvalue weighted by atomic mass is 9.81. The molecule has 1 aromatic carbocycles. The number of rotatable bonds is 6. The summed E-state index contributed by atoms with van der Waals surface area (Å²) < 4.78 is 4.90. The zero-order chi connectivity index (χ0) is 22.4. The van der Waals surface area contributed by atoms with Gasteiger partial charge in [-0.1, -0.05) is 37.9 Å². The second-order valence-corrected chi connectivity index (χ2v) is 9.90. The van der Waals surface area contributed by atoms with Crippen LogP contribution in [-0.2, 0) is 23.9 Å². The third-order valence-electron chi connectivity index (χ3n) is 6.07. The van der Waals surface area contributed by atoms with Gasteiger partial charge in [-0.3, -0.25) is 34.2 Å². The van der Waals surface area contributed by atoms with E-state index in [1.54, 1.807) is 0 Å². The highest BCUT2D eigenvalue weighted by Crippen LogP contribution is 2.60. The number of nitrogens with zero attached hydrogens (tertiary/aromatic N) is 2. The van der Waals surface area contributed by atoms with Crippen LogP contribution in [-0.4, -0.2) is 56.3 Å². The molecule has 1 aromatic rings. The van der Waals surface area contributed by atoms with Crippen molar-refractivity contribution in [2.45, 2.75) is 16.1 Å². The number of carbonyl (C=O) groups excluding carboxylic acids is 4. The summed E-state index contributed by atoms with van der Waals surface area (Å²) >= 11 is 7.19. The van der Waals surface area contributed by atoms with Crippen molar-refractivity contribution in [3.05, 3.63) is 34.4 Å². The quantitative estimate of drug-likeness (QED) is 0.185. The Balaban J connectivity index is 1.31. The Labute approximate surface area is 193 Å². The van der Waals surface area contributed by atoms with Gasteiger partial charge in [-0.2, -0.15) is 0 Å². The minimum Gasteiger partial charge on any atom is -0.454 e. The van der Waals surface area contributed by atoms with Crippen molar-refractivity contribution in [2.24, 2.45) is 23.7 Å². The Morgan fingerprint density at radius 3 is 2.35 bits per heavy atom. The molecule has 3 fully saturated rings. The van der Waals surface area contributed by atoms with Gasteiger partial charge in [0.05, 0.1) is 16.8 Å². The number of imide groups is 1. The van der Waals surface area contributed by atoms with Crippen LogP contribution >= 0.6 is 31.9 Å². The molecule has 2 saturated carbocycles. The van der Waals surface area contributed by atoms with E-state index in [1.165, 1.54) is 24.3 Å². The van der Waals surface area contributed by atoms with Gasteiger partial charge in [-0.05, 0) is 24.3 Å². The standard InChI is InChI=1S/C19H17Br2N3O7/c20-16-10-5-11(17(16)21)15-14(10)18(27)23(19(15)28)6-13(26)31-7-12(25)22-8-2-1-3-9(4-8)24(29)30/h1-4,10-11,14-17H,5-7H2,(H,22,25)/t10-,11-,14-,15+,16-,17+/m1/s1. The number of carbonyl (C=O) groups is 4. The first-order valence-electron chi connectivity index (χ1n) is 9.52. The van der Waals surface area contributed by atoms with Gasteiger partial charge in [0.1, 0.15) is 6.54 Å². The molecule has 2 aliphatic carbocycles. The number of hydrogen-bond acceptors (Lipinski definition) is 7. The molecule has 3 amide bonds. The van der Waals surface area contributed by atoms with Crippen molar-refractivity contribution < 1.29 is 28.8 Å². The molecule has 0 radical (unpaired) electrons. The number of anilines is 1. The van der Waals surface area contributed by atoms with Crippen LogP contribution in [0, 0.1) is 33.8 Å². The summed E-state index contributed by atoms with van der Waals surface area (Å²) in [6.45, 7) is -1.20. The molecule has 0 spiro atoms. The number of non-ortho nitro benzene ring substituents is 1. The lowest BCUT2D eigenvalue weighted by Gasteiger charge is -2.28. The maximum absolute atomic E-state index is 12.8. The largest absolute Gasteiger partial charge is 0.454 e. The lowest BCUT2D eigenvalue weighted by molar-refractivity contribution is -0.384. The number of nitro benzene ring substituents is 1. The Bertz CT molecular complexity index is 955. The number of alkyl halides is 2. The molecule has 6 atom stereocenters. The summed E-state index contributed by atoms with van der Waals surface area (Å²) in [5, 5.41) is 13.2. The molecule has 1 saturated heterocycles. The molecular weight excluding hydrogens is 542 g/mol. The average Bonchev–Trinajstić information content (AvgIpc) is 3.33. The molecule has 0 unspecified atom stereocenters. The van der Waals surface area contributed by atoms with Gasteiger partial charge in [0.15, 0.2) is 6.61 Å². The van der Waals surface area contributed by atoms with Crippen LogP contribution in [0.25, 0.3) is 0 Å². The van der Waals surface area contributed by atoms with Crippen molar-refractivity contribution in [2.75, 3.05) is 18.5 Å². The van der Waals surface area contributed by atoms with Crippen LogP contribution in [0.2, 0.25) is 0 Å². The molecule has 31 heavy (non-hydrogen) atoms. The van der Waals surface area contributed by atoms with Crippen LogP contribution in [0.5, 0.6) is 0 Å². The molecule has 1 N–H and O–H groups in total. The summed E-state index contributed by atoms with van der Waals surface area (Å²) in [6.07, 6.45) is 0.786. The van der Waals surface area contributed by atoms with E-state index in [0.29, 0.717) is 0 Å². The highest BCUT2D eigenvalue weighted by atomic mass is 79.9. The molecule has 164 valence electrons. The fourth-order valence-electron chi connectivity index (χ4n) is 4.78. The molecule has 2 bridgehead atoms. The van der Waals surface area contributed by atoms with E-state index in [2.05, 4.69) is 37.2 Å². The maximum atomic E-state index is 12.8. The minimum absolute atomic E-state index is 0.0394. The number of esters is 1. The zero-order valence-electron chi connectivity index (χ0n) is 15.9. The van der Waals surface area contributed by atoms with E-state index in [4.69, 9.17) is 4.74 Å². The summed E-state index contributed by atoms with van der Waals surface area (Å²) in [4.78, 5) is 61.0. The highest BCUT2D eigenvalue weighted by Gasteiger charge is 2.66.